The molecule has 1 aromatic rings. The fourth-order valence-electron chi connectivity index (χ4n) is 5.17. The van der Waals surface area contributed by atoms with E-state index >= 15 is 0 Å². The molecule has 2 saturated heterocycles. The molecule has 152 valence electrons. The number of hydrogen-bond acceptors (Lipinski definition) is 3. The highest BCUT2D eigenvalue weighted by Gasteiger charge is 2.50. The Hall–Kier alpha value is -2.04. The van der Waals surface area contributed by atoms with E-state index in [0.29, 0.717) is 30.4 Å². The zero-order chi connectivity index (χ0) is 19.7. The molecule has 1 aromatic carbocycles. The van der Waals surface area contributed by atoms with Gasteiger partial charge in [0, 0.05) is 25.0 Å². The van der Waals surface area contributed by atoms with Crippen LogP contribution in [0.25, 0.3) is 0 Å². The van der Waals surface area contributed by atoms with E-state index in [4.69, 9.17) is 4.74 Å². The van der Waals surface area contributed by atoms with Crippen LogP contribution < -0.4 is 5.32 Å². The molecule has 2 heterocycles. The highest BCUT2D eigenvalue weighted by Crippen LogP contribution is 2.52. The van der Waals surface area contributed by atoms with Gasteiger partial charge in [0.05, 0.1) is 12.5 Å². The summed E-state index contributed by atoms with van der Waals surface area (Å²) in [5, 5.41) is 2.71. The lowest BCUT2D eigenvalue weighted by Gasteiger charge is -2.49. The van der Waals surface area contributed by atoms with E-state index in [1.807, 2.05) is 4.90 Å². The largest absolute Gasteiger partial charge is 0.450 e. The summed E-state index contributed by atoms with van der Waals surface area (Å²) in [5.74, 6) is 1.29. The Balaban J connectivity index is 1.31. The number of likely N-dealkylation sites (tertiary alicyclic amines) is 1. The van der Waals surface area contributed by atoms with E-state index in [9.17, 15) is 9.59 Å². The van der Waals surface area contributed by atoms with Gasteiger partial charge in [-0.3, -0.25) is 4.79 Å². The molecule has 1 N–H and O–H groups in total. The zero-order valence-corrected chi connectivity index (χ0v) is 17.1. The topological polar surface area (TPSA) is 58.6 Å². The van der Waals surface area contributed by atoms with Gasteiger partial charge in [-0.2, -0.15) is 0 Å². The molecule has 1 unspecified atom stereocenters. The summed E-state index contributed by atoms with van der Waals surface area (Å²) in [4.78, 5) is 26.3. The van der Waals surface area contributed by atoms with E-state index in [-0.39, 0.29) is 11.8 Å². The van der Waals surface area contributed by atoms with Gasteiger partial charge >= 0.3 is 6.09 Å². The third-order valence-electron chi connectivity index (χ3n) is 6.91. The molecule has 2 aliphatic heterocycles. The summed E-state index contributed by atoms with van der Waals surface area (Å²) < 4.78 is 4.99. The number of hydrogen-bond donors (Lipinski definition) is 1. The van der Waals surface area contributed by atoms with Crippen molar-refractivity contribution >= 4 is 12.0 Å². The number of benzene rings is 1. The lowest BCUT2D eigenvalue weighted by molar-refractivity contribution is -0.148. The quantitative estimate of drug-likeness (QED) is 0.856. The van der Waals surface area contributed by atoms with Crippen LogP contribution in [0.15, 0.2) is 24.3 Å². The van der Waals surface area contributed by atoms with E-state index in [1.165, 1.54) is 30.4 Å². The molecule has 1 aliphatic carbocycles. The van der Waals surface area contributed by atoms with E-state index in [2.05, 4.69) is 43.4 Å². The third-order valence-corrected chi connectivity index (χ3v) is 6.91. The number of nitrogens with zero attached hydrogens (tertiary/aromatic N) is 1. The van der Waals surface area contributed by atoms with Crippen molar-refractivity contribution in [1.82, 2.24) is 10.2 Å². The lowest BCUT2D eigenvalue weighted by Crippen LogP contribution is -2.59. The number of ether oxygens (including phenoxy) is 1. The average molecular weight is 385 g/mol. The SMILES string of the molecule is CC(C)c1ccc(C2CCC3(C2)CN(C(=O)[C@@H]2CCCOC(=O)NC2)C3)cc1. The van der Waals surface area contributed by atoms with E-state index in [0.717, 1.165) is 25.9 Å². The maximum atomic E-state index is 12.9. The van der Waals surface area contributed by atoms with Crippen molar-refractivity contribution in [2.75, 3.05) is 26.2 Å². The van der Waals surface area contributed by atoms with Crippen LogP contribution in [0.2, 0.25) is 0 Å². The van der Waals surface area contributed by atoms with Gasteiger partial charge in [-0.05, 0) is 55.1 Å². The maximum Gasteiger partial charge on any atom is 0.407 e. The zero-order valence-electron chi connectivity index (χ0n) is 17.1. The molecular weight excluding hydrogens is 352 g/mol. The highest BCUT2D eigenvalue weighted by molar-refractivity contribution is 5.81. The fraction of sp³-hybridized carbons (Fsp3) is 0.652. The second-order valence-electron chi connectivity index (χ2n) is 9.31. The molecular formula is C23H32N2O3. The van der Waals surface area contributed by atoms with Gasteiger partial charge in [0.25, 0.3) is 0 Å². The van der Waals surface area contributed by atoms with Crippen molar-refractivity contribution in [2.24, 2.45) is 11.3 Å². The number of nitrogens with one attached hydrogen (secondary N) is 1. The minimum atomic E-state index is -0.403. The lowest BCUT2D eigenvalue weighted by atomic mass is 9.76. The van der Waals surface area contributed by atoms with Gasteiger partial charge in [0.1, 0.15) is 0 Å². The smallest absolute Gasteiger partial charge is 0.407 e. The van der Waals surface area contributed by atoms with Crippen molar-refractivity contribution < 1.29 is 14.3 Å². The summed E-state index contributed by atoms with van der Waals surface area (Å²) in [6.07, 6.45) is 4.76. The second-order valence-corrected chi connectivity index (χ2v) is 9.31. The molecule has 1 spiro atoms. The van der Waals surface area contributed by atoms with Crippen molar-refractivity contribution in [3.05, 3.63) is 35.4 Å². The Morgan fingerprint density at radius 2 is 1.96 bits per heavy atom. The van der Waals surface area contributed by atoms with Crippen LogP contribution >= 0.6 is 0 Å². The molecule has 0 bridgehead atoms. The first-order chi connectivity index (χ1) is 13.5. The number of rotatable bonds is 3. The monoisotopic (exact) mass is 384 g/mol. The molecule has 2 atom stereocenters. The van der Waals surface area contributed by atoms with Gasteiger partial charge < -0.3 is 15.0 Å². The van der Waals surface area contributed by atoms with Crippen molar-refractivity contribution in [2.45, 2.75) is 57.8 Å². The number of carbonyl (C=O) groups excluding carboxylic acids is 2. The van der Waals surface area contributed by atoms with Crippen LogP contribution in [0.4, 0.5) is 4.79 Å². The van der Waals surface area contributed by atoms with Gasteiger partial charge in [0.2, 0.25) is 5.91 Å². The minimum absolute atomic E-state index is 0.106. The Kier molecular flexibility index (Phi) is 5.35. The first-order valence-electron chi connectivity index (χ1n) is 10.7. The van der Waals surface area contributed by atoms with E-state index < -0.39 is 6.09 Å². The van der Waals surface area contributed by atoms with Crippen molar-refractivity contribution in [3.8, 4) is 0 Å². The number of cyclic esters (lactones) is 1. The average Bonchev–Trinajstić information content (AvgIpc) is 3.09. The van der Waals surface area contributed by atoms with Gasteiger partial charge in [-0.1, -0.05) is 38.1 Å². The van der Waals surface area contributed by atoms with Crippen LogP contribution in [0.3, 0.4) is 0 Å². The van der Waals surface area contributed by atoms with Crippen LogP contribution in [0, 0.1) is 11.3 Å². The third kappa shape index (κ3) is 3.89. The molecule has 2 amide bonds. The highest BCUT2D eigenvalue weighted by atomic mass is 16.5. The minimum Gasteiger partial charge on any atom is -0.450 e. The number of carbonyl (C=O) groups is 2. The standard InChI is InChI=1S/C23H32N2O3/c1-16(2)17-5-7-18(8-6-17)19-9-10-23(12-19)14-25(15-23)21(26)20-4-3-11-28-22(27)24-13-20/h5-8,16,19-20H,3-4,9-15H2,1-2H3,(H,24,27)/t19?,20-/m1/s1. The summed E-state index contributed by atoms with van der Waals surface area (Å²) in [7, 11) is 0. The Morgan fingerprint density at radius 3 is 2.68 bits per heavy atom. The molecule has 28 heavy (non-hydrogen) atoms. The Bertz CT molecular complexity index is 722. The second kappa shape index (κ2) is 7.76. The van der Waals surface area contributed by atoms with Gasteiger partial charge in [-0.25, -0.2) is 4.79 Å². The van der Waals surface area contributed by atoms with Crippen molar-refractivity contribution in [1.29, 1.82) is 0 Å². The Labute approximate surface area is 167 Å². The Morgan fingerprint density at radius 1 is 1.21 bits per heavy atom. The summed E-state index contributed by atoms with van der Waals surface area (Å²) >= 11 is 0. The van der Waals surface area contributed by atoms with E-state index in [1.54, 1.807) is 0 Å². The predicted octanol–water partition coefficient (Wildman–Crippen LogP) is 4.04. The van der Waals surface area contributed by atoms with Gasteiger partial charge in [0.15, 0.2) is 0 Å². The number of amides is 2. The molecule has 3 fully saturated rings. The van der Waals surface area contributed by atoms with Crippen LogP contribution in [-0.2, 0) is 9.53 Å². The molecule has 3 aliphatic rings. The summed E-state index contributed by atoms with van der Waals surface area (Å²) in [6, 6.07) is 9.15. The first kappa shape index (κ1) is 19.3. The van der Waals surface area contributed by atoms with Crippen LogP contribution in [-0.4, -0.2) is 43.1 Å². The molecule has 0 radical (unpaired) electrons. The molecule has 1 saturated carbocycles. The fourth-order valence-corrected chi connectivity index (χ4v) is 5.17. The first-order valence-corrected chi connectivity index (χ1v) is 10.7. The van der Waals surface area contributed by atoms with Gasteiger partial charge in [-0.15, -0.1) is 0 Å². The van der Waals surface area contributed by atoms with Crippen LogP contribution in [0.1, 0.15) is 68.9 Å². The number of alkyl carbamates (subject to hydrolysis) is 1. The molecule has 0 aromatic heterocycles. The molecule has 5 heteroatoms. The summed E-state index contributed by atoms with van der Waals surface area (Å²) in [5.41, 5.74) is 3.16. The predicted molar refractivity (Wildman–Crippen MR) is 108 cm³/mol. The van der Waals surface area contributed by atoms with Crippen LogP contribution in [0.5, 0.6) is 0 Å². The summed E-state index contributed by atoms with van der Waals surface area (Å²) in [6.45, 7) is 7.02. The van der Waals surface area contributed by atoms with Crippen molar-refractivity contribution in [3.63, 3.8) is 0 Å². The normalized spacial score (nSPS) is 27.0. The molecule has 5 nitrogen and oxygen atoms in total. The molecule has 4 rings (SSSR count). The maximum absolute atomic E-state index is 12.9.